The molecular weight excluding hydrogens is 238 g/mol. The number of ether oxygens (including phenoxy) is 1. The summed E-state index contributed by atoms with van der Waals surface area (Å²) in [6, 6.07) is 7.75. The second-order valence-electron chi connectivity index (χ2n) is 5.55. The van der Waals surface area contributed by atoms with E-state index in [0.29, 0.717) is 24.1 Å². The van der Waals surface area contributed by atoms with E-state index in [4.69, 9.17) is 4.74 Å². The molecule has 106 valence electrons. The molecule has 1 aromatic carbocycles. The van der Waals surface area contributed by atoms with E-state index in [1.165, 1.54) is 0 Å². The van der Waals surface area contributed by atoms with Gasteiger partial charge in [-0.25, -0.2) is 0 Å². The van der Waals surface area contributed by atoms with Crippen LogP contribution in [0.5, 0.6) is 5.75 Å². The van der Waals surface area contributed by atoms with Crippen LogP contribution < -0.4 is 4.74 Å². The van der Waals surface area contributed by atoms with E-state index in [1.807, 2.05) is 25.2 Å². The number of likely N-dealkylation sites (N-methyl/N-ethyl adjacent to an activating group) is 1. The normalized spacial score (nSPS) is 12.8. The van der Waals surface area contributed by atoms with Crippen LogP contribution in [0.3, 0.4) is 0 Å². The zero-order chi connectivity index (χ0) is 14.4. The highest BCUT2D eigenvalue weighted by Gasteiger charge is 2.15. The van der Waals surface area contributed by atoms with Gasteiger partial charge in [0.15, 0.2) is 5.78 Å². The van der Waals surface area contributed by atoms with Gasteiger partial charge in [-0.05, 0) is 38.4 Å². The number of hydrogen-bond donors (Lipinski definition) is 0. The fourth-order valence-electron chi connectivity index (χ4n) is 2.13. The van der Waals surface area contributed by atoms with Gasteiger partial charge in [0.1, 0.15) is 5.75 Å². The molecule has 19 heavy (non-hydrogen) atoms. The average Bonchev–Trinajstić information content (AvgIpc) is 2.37. The molecule has 0 aromatic heterocycles. The first-order valence-electron chi connectivity index (χ1n) is 6.81. The topological polar surface area (TPSA) is 29.5 Å². The van der Waals surface area contributed by atoms with Gasteiger partial charge >= 0.3 is 0 Å². The number of carbonyl (C=O) groups excluding carboxylic acids is 1. The van der Waals surface area contributed by atoms with Crippen LogP contribution in [0, 0.1) is 5.92 Å². The molecule has 0 bridgehead atoms. The van der Waals surface area contributed by atoms with Crippen molar-refractivity contribution in [3.63, 3.8) is 0 Å². The van der Waals surface area contributed by atoms with Gasteiger partial charge in [-0.1, -0.05) is 26.0 Å². The fraction of sp³-hybridized carbons (Fsp3) is 0.562. The zero-order valence-electron chi connectivity index (χ0n) is 12.6. The number of Topliss-reactive ketones (excluding diaryl/α,β-unsaturated/α-hetero) is 1. The van der Waals surface area contributed by atoms with E-state index in [9.17, 15) is 4.79 Å². The van der Waals surface area contributed by atoms with Crippen molar-refractivity contribution in [2.75, 3.05) is 20.7 Å². The Morgan fingerprint density at radius 3 is 2.58 bits per heavy atom. The van der Waals surface area contributed by atoms with Crippen LogP contribution in [-0.4, -0.2) is 37.4 Å². The molecule has 3 nitrogen and oxygen atoms in total. The summed E-state index contributed by atoms with van der Waals surface area (Å²) in [5.74, 6) is 1.50. The number of carbonyl (C=O) groups is 1. The van der Waals surface area contributed by atoms with Crippen LogP contribution in [0.1, 0.15) is 37.6 Å². The predicted octanol–water partition coefficient (Wildman–Crippen LogP) is 3.24. The van der Waals surface area contributed by atoms with Crippen LogP contribution in [-0.2, 0) is 0 Å². The number of nitrogens with zero attached hydrogens (tertiary/aromatic N) is 1. The first-order chi connectivity index (χ1) is 8.93. The third-order valence-corrected chi connectivity index (χ3v) is 3.35. The van der Waals surface area contributed by atoms with Crippen molar-refractivity contribution in [3.8, 4) is 5.75 Å². The molecule has 0 amide bonds. The second kappa shape index (κ2) is 7.29. The smallest absolute Gasteiger partial charge is 0.176 e. The van der Waals surface area contributed by atoms with Crippen LogP contribution in [0.4, 0.5) is 0 Å². The van der Waals surface area contributed by atoms with E-state index < -0.39 is 0 Å². The van der Waals surface area contributed by atoms with Crippen molar-refractivity contribution < 1.29 is 9.53 Å². The fourth-order valence-corrected chi connectivity index (χ4v) is 2.13. The van der Waals surface area contributed by atoms with Crippen LogP contribution >= 0.6 is 0 Å². The monoisotopic (exact) mass is 263 g/mol. The van der Waals surface area contributed by atoms with Crippen molar-refractivity contribution in [2.24, 2.45) is 5.92 Å². The highest BCUT2D eigenvalue weighted by atomic mass is 16.5. The lowest BCUT2D eigenvalue weighted by atomic mass is 10.0. The molecule has 0 aliphatic carbocycles. The molecule has 0 aliphatic heterocycles. The van der Waals surface area contributed by atoms with Gasteiger partial charge in [0.05, 0.1) is 13.7 Å². The quantitative estimate of drug-likeness (QED) is 0.707. The summed E-state index contributed by atoms with van der Waals surface area (Å²) in [6.45, 7) is 7.02. The summed E-state index contributed by atoms with van der Waals surface area (Å²) in [5.41, 5.74) is 0.711. The Morgan fingerprint density at radius 2 is 2.00 bits per heavy atom. The Labute approximate surface area is 116 Å². The summed E-state index contributed by atoms with van der Waals surface area (Å²) >= 11 is 0. The summed E-state index contributed by atoms with van der Waals surface area (Å²) in [5, 5.41) is 0. The maximum atomic E-state index is 12.2. The summed E-state index contributed by atoms with van der Waals surface area (Å²) < 4.78 is 5.14. The molecule has 0 radical (unpaired) electrons. The van der Waals surface area contributed by atoms with Gasteiger partial charge in [0.2, 0.25) is 0 Å². The van der Waals surface area contributed by atoms with E-state index >= 15 is 0 Å². The Kier molecular flexibility index (Phi) is 6.03. The van der Waals surface area contributed by atoms with Gasteiger partial charge in [0.25, 0.3) is 0 Å². The van der Waals surface area contributed by atoms with Gasteiger partial charge in [0, 0.05) is 11.6 Å². The molecule has 1 unspecified atom stereocenters. The van der Waals surface area contributed by atoms with E-state index in [0.717, 1.165) is 12.2 Å². The summed E-state index contributed by atoms with van der Waals surface area (Å²) in [7, 11) is 3.62. The van der Waals surface area contributed by atoms with Crippen molar-refractivity contribution in [3.05, 3.63) is 29.8 Å². The Hall–Kier alpha value is -1.35. The molecule has 0 N–H and O–H groups in total. The van der Waals surface area contributed by atoms with E-state index in [1.54, 1.807) is 13.2 Å². The maximum absolute atomic E-state index is 12.2. The van der Waals surface area contributed by atoms with Gasteiger partial charge in [-0.2, -0.15) is 0 Å². The van der Waals surface area contributed by atoms with Crippen molar-refractivity contribution >= 4 is 5.78 Å². The molecule has 0 heterocycles. The highest BCUT2D eigenvalue weighted by Crippen LogP contribution is 2.15. The standard InChI is InChI=1S/C16H25NO2/c1-12(2)9-13(3)17(4)11-16(18)14-7-6-8-15(10-14)19-5/h6-8,10,12-13H,9,11H2,1-5H3. The molecule has 1 aromatic rings. The third kappa shape index (κ3) is 5.03. The molecule has 0 spiro atoms. The number of ketones is 1. The minimum Gasteiger partial charge on any atom is -0.497 e. The lowest BCUT2D eigenvalue weighted by molar-refractivity contribution is 0.0916. The van der Waals surface area contributed by atoms with Crippen LogP contribution in [0.25, 0.3) is 0 Å². The number of benzene rings is 1. The SMILES string of the molecule is COc1cccc(C(=O)CN(C)C(C)CC(C)C)c1. The number of rotatable bonds is 7. The second-order valence-corrected chi connectivity index (χ2v) is 5.55. The molecule has 0 saturated heterocycles. The van der Waals surface area contributed by atoms with Crippen molar-refractivity contribution in [1.82, 2.24) is 4.90 Å². The van der Waals surface area contributed by atoms with E-state index in [2.05, 4.69) is 25.7 Å². The highest BCUT2D eigenvalue weighted by molar-refractivity contribution is 5.97. The first kappa shape index (κ1) is 15.7. The van der Waals surface area contributed by atoms with Gasteiger partial charge < -0.3 is 4.74 Å². The molecule has 0 aliphatic rings. The average molecular weight is 263 g/mol. The third-order valence-electron chi connectivity index (χ3n) is 3.35. The minimum atomic E-state index is 0.136. The zero-order valence-corrected chi connectivity index (χ0v) is 12.6. The number of methoxy groups -OCH3 is 1. The Bertz CT molecular complexity index is 415. The lowest BCUT2D eigenvalue weighted by Gasteiger charge is -2.25. The van der Waals surface area contributed by atoms with Crippen LogP contribution in [0.2, 0.25) is 0 Å². The number of hydrogen-bond acceptors (Lipinski definition) is 3. The van der Waals surface area contributed by atoms with Gasteiger partial charge in [-0.3, -0.25) is 9.69 Å². The summed E-state index contributed by atoms with van der Waals surface area (Å²) in [6.07, 6.45) is 1.10. The molecule has 0 fully saturated rings. The summed E-state index contributed by atoms with van der Waals surface area (Å²) in [4.78, 5) is 14.3. The predicted molar refractivity (Wildman–Crippen MR) is 78.9 cm³/mol. The molecular formula is C16H25NO2. The molecule has 3 heteroatoms. The molecule has 0 saturated carbocycles. The van der Waals surface area contributed by atoms with Crippen molar-refractivity contribution in [2.45, 2.75) is 33.2 Å². The van der Waals surface area contributed by atoms with Crippen LogP contribution in [0.15, 0.2) is 24.3 Å². The first-order valence-corrected chi connectivity index (χ1v) is 6.81. The maximum Gasteiger partial charge on any atom is 0.176 e. The largest absolute Gasteiger partial charge is 0.497 e. The Morgan fingerprint density at radius 1 is 1.32 bits per heavy atom. The van der Waals surface area contributed by atoms with E-state index in [-0.39, 0.29) is 5.78 Å². The Balaban J connectivity index is 2.63. The van der Waals surface area contributed by atoms with Gasteiger partial charge in [-0.15, -0.1) is 0 Å². The molecule has 1 rings (SSSR count). The molecule has 1 atom stereocenters. The lowest BCUT2D eigenvalue weighted by Crippen LogP contribution is -2.34. The minimum absolute atomic E-state index is 0.136. The van der Waals surface area contributed by atoms with Crippen molar-refractivity contribution in [1.29, 1.82) is 0 Å².